The van der Waals surface area contributed by atoms with Crippen LogP contribution in [0.3, 0.4) is 0 Å². The molecule has 1 saturated carbocycles. The van der Waals surface area contributed by atoms with Crippen LogP contribution in [0.2, 0.25) is 0 Å². The highest BCUT2D eigenvalue weighted by molar-refractivity contribution is 5.91. The van der Waals surface area contributed by atoms with Gasteiger partial charge in [-0.15, -0.1) is 0 Å². The van der Waals surface area contributed by atoms with Crippen molar-refractivity contribution < 1.29 is 23.5 Å². The second-order valence-electron chi connectivity index (χ2n) is 6.18. The molecule has 1 amide bonds. The van der Waals surface area contributed by atoms with Crippen LogP contribution in [0.25, 0.3) is 0 Å². The standard InChI is InChI=1S/C20H20FNO4/c1-25-18-10-2-14(3-11-18)12-22(17-8-9-17)19(23)13-26-20(24)15-4-6-16(21)7-5-15/h2-7,10-11,17H,8-9,12-13H2,1H3. The van der Waals surface area contributed by atoms with Crippen molar-refractivity contribution in [2.45, 2.75) is 25.4 Å². The van der Waals surface area contributed by atoms with Gasteiger partial charge in [0.15, 0.2) is 6.61 Å². The Labute approximate surface area is 151 Å². The Morgan fingerprint density at radius 1 is 1.08 bits per heavy atom. The summed E-state index contributed by atoms with van der Waals surface area (Å²) in [6.45, 7) is 0.129. The van der Waals surface area contributed by atoms with E-state index in [0.717, 1.165) is 24.2 Å². The summed E-state index contributed by atoms with van der Waals surface area (Å²) in [4.78, 5) is 26.2. The zero-order valence-electron chi connectivity index (χ0n) is 14.5. The molecule has 3 rings (SSSR count). The summed E-state index contributed by atoms with van der Waals surface area (Å²) < 4.78 is 23.1. The van der Waals surface area contributed by atoms with E-state index < -0.39 is 11.8 Å². The second-order valence-corrected chi connectivity index (χ2v) is 6.18. The SMILES string of the molecule is COc1ccc(CN(C(=O)COC(=O)c2ccc(F)cc2)C2CC2)cc1. The quantitative estimate of drug-likeness (QED) is 0.714. The number of carbonyl (C=O) groups is 2. The summed E-state index contributed by atoms with van der Waals surface area (Å²) in [6.07, 6.45) is 1.90. The first kappa shape index (κ1) is 17.9. The molecule has 0 atom stereocenters. The van der Waals surface area contributed by atoms with Crippen LogP contribution < -0.4 is 4.74 Å². The molecule has 0 aromatic heterocycles. The molecule has 0 unspecified atom stereocenters. The van der Waals surface area contributed by atoms with Gasteiger partial charge in [0.05, 0.1) is 12.7 Å². The molecule has 0 saturated heterocycles. The summed E-state index contributed by atoms with van der Waals surface area (Å²) in [5.74, 6) is -0.555. The molecule has 2 aromatic carbocycles. The minimum absolute atomic E-state index is 0.189. The van der Waals surface area contributed by atoms with Gasteiger partial charge in [-0.2, -0.15) is 0 Å². The van der Waals surface area contributed by atoms with E-state index in [1.54, 1.807) is 12.0 Å². The first-order valence-corrected chi connectivity index (χ1v) is 8.42. The van der Waals surface area contributed by atoms with E-state index >= 15 is 0 Å². The van der Waals surface area contributed by atoms with Gasteiger partial charge >= 0.3 is 5.97 Å². The monoisotopic (exact) mass is 357 g/mol. The average Bonchev–Trinajstić information content (AvgIpc) is 3.50. The van der Waals surface area contributed by atoms with Crippen LogP contribution in [0.5, 0.6) is 5.75 Å². The highest BCUT2D eigenvalue weighted by Gasteiger charge is 2.33. The number of halogens is 1. The van der Waals surface area contributed by atoms with Gasteiger partial charge in [0.2, 0.25) is 0 Å². The molecular weight excluding hydrogens is 337 g/mol. The van der Waals surface area contributed by atoms with E-state index in [9.17, 15) is 14.0 Å². The number of rotatable bonds is 7. The minimum atomic E-state index is -0.640. The molecule has 0 spiro atoms. The van der Waals surface area contributed by atoms with Gasteiger partial charge in [-0.1, -0.05) is 12.1 Å². The minimum Gasteiger partial charge on any atom is -0.497 e. The Morgan fingerprint density at radius 3 is 2.31 bits per heavy atom. The third-order valence-corrected chi connectivity index (χ3v) is 4.23. The molecule has 1 aliphatic rings. The number of methoxy groups -OCH3 is 1. The zero-order chi connectivity index (χ0) is 18.5. The molecule has 1 fully saturated rings. The zero-order valence-corrected chi connectivity index (χ0v) is 14.5. The molecule has 0 aliphatic heterocycles. The molecule has 26 heavy (non-hydrogen) atoms. The van der Waals surface area contributed by atoms with Gasteiger partial charge in [0.1, 0.15) is 11.6 Å². The highest BCUT2D eigenvalue weighted by atomic mass is 19.1. The summed E-state index contributed by atoms with van der Waals surface area (Å²) in [5, 5.41) is 0. The lowest BCUT2D eigenvalue weighted by atomic mass is 10.2. The second kappa shape index (κ2) is 7.99. The molecule has 2 aromatic rings. The fourth-order valence-electron chi connectivity index (χ4n) is 2.61. The Balaban J connectivity index is 1.58. The van der Waals surface area contributed by atoms with E-state index in [4.69, 9.17) is 9.47 Å². The van der Waals surface area contributed by atoms with E-state index in [1.807, 2.05) is 24.3 Å². The molecule has 1 aliphatic carbocycles. The van der Waals surface area contributed by atoms with E-state index in [0.29, 0.717) is 6.54 Å². The van der Waals surface area contributed by atoms with Gasteiger partial charge in [-0.25, -0.2) is 9.18 Å². The predicted octanol–water partition coefficient (Wildman–Crippen LogP) is 3.18. The largest absolute Gasteiger partial charge is 0.497 e. The highest BCUT2D eigenvalue weighted by Crippen LogP contribution is 2.29. The third kappa shape index (κ3) is 4.59. The van der Waals surface area contributed by atoms with Crippen molar-refractivity contribution in [1.29, 1.82) is 0 Å². The number of benzene rings is 2. The number of amides is 1. The lowest BCUT2D eigenvalue weighted by molar-refractivity contribution is -0.135. The maximum atomic E-state index is 12.9. The Bertz CT molecular complexity index is 769. The first-order chi connectivity index (χ1) is 12.6. The smallest absolute Gasteiger partial charge is 0.338 e. The lowest BCUT2D eigenvalue weighted by Crippen LogP contribution is -2.36. The first-order valence-electron chi connectivity index (χ1n) is 8.42. The Morgan fingerprint density at radius 2 is 1.73 bits per heavy atom. The number of esters is 1. The number of hydrogen-bond acceptors (Lipinski definition) is 4. The van der Waals surface area contributed by atoms with Crippen LogP contribution in [-0.4, -0.2) is 36.5 Å². The van der Waals surface area contributed by atoms with Crippen molar-refractivity contribution in [3.8, 4) is 5.75 Å². The van der Waals surface area contributed by atoms with Gasteiger partial charge in [0.25, 0.3) is 5.91 Å². The Kier molecular flexibility index (Phi) is 5.51. The average molecular weight is 357 g/mol. The van der Waals surface area contributed by atoms with Crippen LogP contribution in [0.4, 0.5) is 4.39 Å². The topological polar surface area (TPSA) is 55.8 Å². The molecule has 0 heterocycles. The molecule has 0 N–H and O–H groups in total. The maximum absolute atomic E-state index is 12.9. The van der Waals surface area contributed by atoms with E-state index in [-0.39, 0.29) is 24.1 Å². The fraction of sp³-hybridized carbons (Fsp3) is 0.300. The van der Waals surface area contributed by atoms with Crippen LogP contribution in [0.1, 0.15) is 28.8 Å². The van der Waals surface area contributed by atoms with E-state index in [1.165, 1.54) is 24.3 Å². The van der Waals surface area contributed by atoms with Gasteiger partial charge in [-0.3, -0.25) is 4.79 Å². The molecule has 0 bridgehead atoms. The van der Waals surface area contributed by atoms with Crippen LogP contribution >= 0.6 is 0 Å². The third-order valence-electron chi connectivity index (χ3n) is 4.23. The molecular formula is C20H20FNO4. The van der Waals surface area contributed by atoms with Crippen molar-refractivity contribution in [1.82, 2.24) is 4.90 Å². The van der Waals surface area contributed by atoms with Gasteiger partial charge < -0.3 is 14.4 Å². The van der Waals surface area contributed by atoms with Gasteiger partial charge in [-0.05, 0) is 54.8 Å². The van der Waals surface area contributed by atoms with Crippen molar-refractivity contribution in [2.24, 2.45) is 0 Å². The summed E-state index contributed by atoms with van der Waals surface area (Å²) in [5.41, 5.74) is 1.20. The van der Waals surface area contributed by atoms with Gasteiger partial charge in [0, 0.05) is 12.6 Å². The maximum Gasteiger partial charge on any atom is 0.338 e. The van der Waals surface area contributed by atoms with Crippen LogP contribution in [0.15, 0.2) is 48.5 Å². The molecule has 6 heteroatoms. The summed E-state index contributed by atoms with van der Waals surface area (Å²) in [6, 6.07) is 12.7. The van der Waals surface area contributed by atoms with Crippen LogP contribution in [-0.2, 0) is 16.1 Å². The Hall–Kier alpha value is -2.89. The summed E-state index contributed by atoms with van der Waals surface area (Å²) >= 11 is 0. The van der Waals surface area contributed by atoms with Crippen LogP contribution in [0, 0.1) is 5.82 Å². The molecule has 136 valence electrons. The lowest BCUT2D eigenvalue weighted by Gasteiger charge is -2.22. The normalized spacial score (nSPS) is 13.2. The van der Waals surface area contributed by atoms with Crippen molar-refractivity contribution in [3.05, 3.63) is 65.5 Å². The number of ether oxygens (including phenoxy) is 2. The summed E-state index contributed by atoms with van der Waals surface area (Å²) in [7, 11) is 1.60. The number of hydrogen-bond donors (Lipinski definition) is 0. The predicted molar refractivity (Wildman–Crippen MR) is 93.2 cm³/mol. The van der Waals surface area contributed by atoms with Crippen molar-refractivity contribution in [2.75, 3.05) is 13.7 Å². The van der Waals surface area contributed by atoms with E-state index in [2.05, 4.69) is 0 Å². The molecule has 5 nitrogen and oxygen atoms in total. The van der Waals surface area contributed by atoms with Crippen molar-refractivity contribution in [3.63, 3.8) is 0 Å². The number of carbonyl (C=O) groups excluding carboxylic acids is 2. The number of nitrogens with zero attached hydrogens (tertiary/aromatic N) is 1. The molecule has 0 radical (unpaired) electrons. The fourth-order valence-corrected chi connectivity index (χ4v) is 2.61. The van der Waals surface area contributed by atoms with Crippen molar-refractivity contribution >= 4 is 11.9 Å².